The first-order valence-corrected chi connectivity index (χ1v) is 9.19. The monoisotopic (exact) mass is 419 g/mol. The van der Waals surface area contributed by atoms with Gasteiger partial charge in [0.2, 0.25) is 5.91 Å². The molecule has 136 valence electrons. The third kappa shape index (κ3) is 3.72. The maximum Gasteiger partial charge on any atom is 0.329 e. The van der Waals surface area contributed by atoms with Crippen molar-refractivity contribution >= 4 is 32.9 Å². The number of carbonyl (C=O) groups is 1. The number of halogens is 2. The Morgan fingerprint density at radius 1 is 1.15 bits per heavy atom. The van der Waals surface area contributed by atoms with Crippen LogP contribution in [0.1, 0.15) is 18.9 Å². The number of rotatable bonds is 6. The standard InChI is InChI=1S/C19H19BrFN3O2/c1-2-23-16-5-3-4-6-17(16)24(19(23)26)10-9-18(25)22-12-13-11-14(20)7-8-15(13)21/h3-8,11H,2,9-10,12H2,1H3,(H,22,25). The molecule has 3 rings (SSSR count). The molecular formula is C19H19BrFN3O2. The van der Waals surface area contributed by atoms with Crippen molar-refractivity contribution in [3.05, 3.63) is 68.8 Å². The lowest BCUT2D eigenvalue weighted by Crippen LogP contribution is -2.28. The summed E-state index contributed by atoms with van der Waals surface area (Å²) in [5.74, 6) is -0.597. The Hall–Kier alpha value is -2.41. The third-order valence-electron chi connectivity index (χ3n) is 4.29. The number of carbonyl (C=O) groups excluding carboxylic acids is 1. The third-order valence-corrected chi connectivity index (χ3v) is 4.78. The number of amides is 1. The van der Waals surface area contributed by atoms with Gasteiger partial charge in [0, 0.05) is 36.1 Å². The van der Waals surface area contributed by atoms with Crippen LogP contribution in [-0.2, 0) is 24.4 Å². The van der Waals surface area contributed by atoms with Crippen LogP contribution < -0.4 is 11.0 Å². The quantitative estimate of drug-likeness (QED) is 0.665. The predicted octanol–water partition coefficient (Wildman–Crippen LogP) is 3.43. The summed E-state index contributed by atoms with van der Waals surface area (Å²) in [7, 11) is 0. The fourth-order valence-electron chi connectivity index (χ4n) is 2.97. The van der Waals surface area contributed by atoms with Gasteiger partial charge in [0.05, 0.1) is 11.0 Å². The van der Waals surface area contributed by atoms with Crippen molar-refractivity contribution in [2.24, 2.45) is 0 Å². The van der Waals surface area contributed by atoms with Gasteiger partial charge in [-0.05, 0) is 37.3 Å². The average molecular weight is 420 g/mol. The minimum absolute atomic E-state index is 0.107. The van der Waals surface area contributed by atoms with Crippen LogP contribution in [0, 0.1) is 5.82 Å². The van der Waals surface area contributed by atoms with Crippen LogP contribution in [0.25, 0.3) is 11.0 Å². The van der Waals surface area contributed by atoms with E-state index in [0.717, 1.165) is 15.5 Å². The summed E-state index contributed by atoms with van der Waals surface area (Å²) in [5.41, 5.74) is 1.95. The Balaban J connectivity index is 1.69. The van der Waals surface area contributed by atoms with E-state index in [1.807, 2.05) is 31.2 Å². The SMILES string of the molecule is CCn1c(=O)n(CCC(=O)NCc2cc(Br)ccc2F)c2ccccc21. The maximum atomic E-state index is 13.7. The van der Waals surface area contributed by atoms with E-state index in [2.05, 4.69) is 21.2 Å². The van der Waals surface area contributed by atoms with E-state index in [4.69, 9.17) is 0 Å². The molecule has 0 aliphatic rings. The van der Waals surface area contributed by atoms with Crippen molar-refractivity contribution in [1.29, 1.82) is 0 Å². The van der Waals surface area contributed by atoms with Crippen molar-refractivity contribution in [3.8, 4) is 0 Å². The molecule has 0 aliphatic heterocycles. The Morgan fingerprint density at radius 3 is 2.54 bits per heavy atom. The van der Waals surface area contributed by atoms with E-state index < -0.39 is 0 Å². The number of hydrogen-bond donors (Lipinski definition) is 1. The minimum atomic E-state index is -0.365. The summed E-state index contributed by atoms with van der Waals surface area (Å²) in [6.45, 7) is 2.87. The van der Waals surface area contributed by atoms with Crippen LogP contribution in [0.3, 0.4) is 0 Å². The first-order chi connectivity index (χ1) is 12.5. The summed E-state index contributed by atoms with van der Waals surface area (Å²) < 4.78 is 17.8. The Morgan fingerprint density at radius 2 is 1.85 bits per heavy atom. The number of benzene rings is 2. The van der Waals surface area contributed by atoms with E-state index >= 15 is 0 Å². The number of hydrogen-bond acceptors (Lipinski definition) is 2. The van der Waals surface area contributed by atoms with Gasteiger partial charge in [0.15, 0.2) is 0 Å². The minimum Gasteiger partial charge on any atom is -0.352 e. The molecule has 0 radical (unpaired) electrons. The molecule has 0 saturated carbocycles. The Labute approximate surface area is 158 Å². The second-order valence-electron chi connectivity index (χ2n) is 5.93. The lowest BCUT2D eigenvalue weighted by atomic mass is 10.2. The van der Waals surface area contributed by atoms with Crippen molar-refractivity contribution in [2.45, 2.75) is 33.0 Å². The topological polar surface area (TPSA) is 56.0 Å². The van der Waals surface area contributed by atoms with E-state index in [1.54, 1.807) is 21.3 Å². The lowest BCUT2D eigenvalue weighted by Gasteiger charge is -2.07. The second kappa shape index (κ2) is 7.86. The highest BCUT2D eigenvalue weighted by molar-refractivity contribution is 9.10. The number of imidazole rings is 1. The van der Waals surface area contributed by atoms with Gasteiger partial charge in [-0.1, -0.05) is 28.1 Å². The van der Waals surface area contributed by atoms with Gasteiger partial charge in [-0.2, -0.15) is 0 Å². The van der Waals surface area contributed by atoms with E-state index in [1.165, 1.54) is 6.07 Å². The largest absolute Gasteiger partial charge is 0.352 e. The van der Waals surface area contributed by atoms with Crippen molar-refractivity contribution in [3.63, 3.8) is 0 Å². The summed E-state index contributed by atoms with van der Waals surface area (Å²) in [4.78, 5) is 24.7. The fraction of sp³-hybridized carbons (Fsp3) is 0.263. The Kier molecular flexibility index (Phi) is 5.56. The lowest BCUT2D eigenvalue weighted by molar-refractivity contribution is -0.121. The summed E-state index contributed by atoms with van der Waals surface area (Å²) in [6.07, 6.45) is 0.146. The second-order valence-corrected chi connectivity index (χ2v) is 6.85. The molecule has 0 saturated heterocycles. The molecule has 1 heterocycles. The van der Waals surface area contributed by atoms with Gasteiger partial charge in [0.25, 0.3) is 0 Å². The number of nitrogens with one attached hydrogen (secondary N) is 1. The molecule has 26 heavy (non-hydrogen) atoms. The first kappa shape index (κ1) is 18.4. The number of nitrogens with zero attached hydrogens (tertiary/aromatic N) is 2. The molecule has 2 aromatic carbocycles. The summed E-state index contributed by atoms with van der Waals surface area (Å²) in [6, 6.07) is 12.1. The maximum absolute atomic E-state index is 13.7. The average Bonchev–Trinajstić information content (AvgIpc) is 2.91. The highest BCUT2D eigenvalue weighted by atomic mass is 79.9. The van der Waals surface area contributed by atoms with Gasteiger partial charge < -0.3 is 5.32 Å². The van der Waals surface area contributed by atoms with Gasteiger partial charge in [-0.25, -0.2) is 9.18 Å². The normalized spacial score (nSPS) is 11.0. The predicted molar refractivity (Wildman–Crippen MR) is 102 cm³/mol. The van der Waals surface area contributed by atoms with Crippen LogP contribution >= 0.6 is 15.9 Å². The molecule has 0 spiro atoms. The Bertz CT molecular complexity index is 1010. The van der Waals surface area contributed by atoms with Crippen LogP contribution in [0.15, 0.2) is 51.7 Å². The molecule has 1 amide bonds. The van der Waals surface area contributed by atoms with Crippen LogP contribution in [0.2, 0.25) is 0 Å². The van der Waals surface area contributed by atoms with E-state index in [9.17, 15) is 14.0 Å². The molecular weight excluding hydrogens is 401 g/mol. The van der Waals surface area contributed by atoms with Crippen LogP contribution in [0.4, 0.5) is 4.39 Å². The fourth-order valence-corrected chi connectivity index (χ4v) is 3.38. The van der Waals surface area contributed by atoms with Crippen molar-refractivity contribution < 1.29 is 9.18 Å². The van der Waals surface area contributed by atoms with Crippen LogP contribution in [0.5, 0.6) is 0 Å². The molecule has 0 bridgehead atoms. The first-order valence-electron chi connectivity index (χ1n) is 8.40. The van der Waals surface area contributed by atoms with Crippen molar-refractivity contribution in [2.75, 3.05) is 0 Å². The smallest absolute Gasteiger partial charge is 0.329 e. The number of aryl methyl sites for hydroxylation is 2. The molecule has 0 fully saturated rings. The number of aromatic nitrogens is 2. The number of para-hydroxylation sites is 2. The molecule has 3 aromatic rings. The molecule has 5 nitrogen and oxygen atoms in total. The zero-order chi connectivity index (χ0) is 18.7. The van der Waals surface area contributed by atoms with Crippen LogP contribution in [-0.4, -0.2) is 15.0 Å². The summed E-state index contributed by atoms with van der Waals surface area (Å²) in [5, 5.41) is 2.70. The zero-order valence-corrected chi connectivity index (χ0v) is 15.9. The summed E-state index contributed by atoms with van der Waals surface area (Å²) >= 11 is 3.28. The molecule has 7 heteroatoms. The molecule has 0 atom stereocenters. The molecule has 1 aromatic heterocycles. The van der Waals surface area contributed by atoms with Gasteiger partial charge >= 0.3 is 5.69 Å². The van der Waals surface area contributed by atoms with Gasteiger partial charge in [-0.3, -0.25) is 13.9 Å². The van der Waals surface area contributed by atoms with Gasteiger partial charge in [-0.15, -0.1) is 0 Å². The highest BCUT2D eigenvalue weighted by Gasteiger charge is 2.13. The molecule has 1 N–H and O–H groups in total. The van der Waals surface area contributed by atoms with E-state index in [0.29, 0.717) is 12.1 Å². The van der Waals surface area contributed by atoms with Gasteiger partial charge in [0.1, 0.15) is 5.82 Å². The van der Waals surface area contributed by atoms with E-state index in [-0.39, 0.29) is 36.9 Å². The van der Waals surface area contributed by atoms with Crippen molar-refractivity contribution in [1.82, 2.24) is 14.5 Å². The molecule has 0 unspecified atom stereocenters. The zero-order valence-electron chi connectivity index (χ0n) is 14.3. The highest BCUT2D eigenvalue weighted by Crippen LogP contribution is 2.16. The number of fused-ring (bicyclic) bond motifs is 1. The molecule has 0 aliphatic carbocycles.